The lowest BCUT2D eigenvalue weighted by atomic mass is 9.80. The molecule has 5 nitrogen and oxygen atoms in total. The molecule has 1 aromatic carbocycles. The molecule has 0 amide bonds. The Morgan fingerprint density at radius 3 is 2.70 bits per heavy atom. The number of fused-ring (bicyclic) bond motifs is 1. The summed E-state index contributed by atoms with van der Waals surface area (Å²) in [7, 11) is 0. The van der Waals surface area contributed by atoms with Crippen molar-refractivity contribution in [3.8, 4) is 0 Å². The summed E-state index contributed by atoms with van der Waals surface area (Å²) in [6.07, 6.45) is 1.56. The summed E-state index contributed by atoms with van der Waals surface area (Å²) in [4.78, 5) is 36.3. The number of halogens is 1. The fraction of sp³-hybridized carbons (Fsp3) is 0.471. The molecule has 1 aromatic rings. The van der Waals surface area contributed by atoms with Gasteiger partial charge in [0.15, 0.2) is 12.4 Å². The van der Waals surface area contributed by atoms with Crippen LogP contribution in [-0.2, 0) is 19.1 Å². The van der Waals surface area contributed by atoms with Crippen LogP contribution < -0.4 is 0 Å². The van der Waals surface area contributed by atoms with E-state index < -0.39 is 11.9 Å². The summed E-state index contributed by atoms with van der Waals surface area (Å²) in [5.74, 6) is -1.57. The first-order valence-corrected chi connectivity index (χ1v) is 8.08. The minimum Gasteiger partial charge on any atom is -0.462 e. The first kappa shape index (κ1) is 14.7. The fourth-order valence-electron chi connectivity index (χ4n) is 4.28. The summed E-state index contributed by atoms with van der Waals surface area (Å²) in [5.41, 5.74) is 0.440. The maximum atomic E-state index is 12.4. The van der Waals surface area contributed by atoms with E-state index in [2.05, 4.69) is 0 Å². The van der Waals surface area contributed by atoms with Gasteiger partial charge in [0.05, 0.1) is 11.8 Å². The molecule has 3 aliphatic rings. The normalized spacial score (nSPS) is 33.6. The minimum absolute atomic E-state index is 0.0164. The first-order chi connectivity index (χ1) is 11.0. The van der Waals surface area contributed by atoms with Crippen molar-refractivity contribution in [3.63, 3.8) is 0 Å². The molecule has 0 unspecified atom stereocenters. The Balaban J connectivity index is 1.40. The highest BCUT2D eigenvalue weighted by molar-refractivity contribution is 6.30. The van der Waals surface area contributed by atoms with Crippen LogP contribution in [0.25, 0.3) is 0 Å². The van der Waals surface area contributed by atoms with Crippen LogP contribution in [0.4, 0.5) is 0 Å². The second-order valence-electron chi connectivity index (χ2n) is 6.46. The van der Waals surface area contributed by atoms with Gasteiger partial charge in [-0.1, -0.05) is 11.6 Å². The van der Waals surface area contributed by atoms with Crippen molar-refractivity contribution in [3.05, 3.63) is 34.9 Å². The van der Waals surface area contributed by atoms with Crippen LogP contribution in [0.1, 0.15) is 23.2 Å². The molecule has 0 radical (unpaired) electrons. The van der Waals surface area contributed by atoms with Crippen molar-refractivity contribution in [2.45, 2.75) is 18.9 Å². The van der Waals surface area contributed by atoms with Crippen molar-refractivity contribution in [1.29, 1.82) is 0 Å². The van der Waals surface area contributed by atoms with E-state index in [9.17, 15) is 14.4 Å². The Labute approximate surface area is 137 Å². The molecular weight excluding hydrogens is 320 g/mol. The second-order valence-corrected chi connectivity index (χ2v) is 6.90. The molecule has 2 bridgehead atoms. The van der Waals surface area contributed by atoms with E-state index in [1.54, 1.807) is 24.3 Å². The van der Waals surface area contributed by atoms with Gasteiger partial charge in [0.1, 0.15) is 6.10 Å². The Morgan fingerprint density at radius 1 is 1.22 bits per heavy atom. The molecule has 2 aliphatic carbocycles. The number of esters is 2. The molecule has 4 rings (SSSR count). The van der Waals surface area contributed by atoms with E-state index in [0.29, 0.717) is 10.6 Å². The van der Waals surface area contributed by atoms with Gasteiger partial charge in [0, 0.05) is 16.5 Å². The molecule has 23 heavy (non-hydrogen) atoms. The van der Waals surface area contributed by atoms with Crippen LogP contribution >= 0.6 is 11.6 Å². The van der Waals surface area contributed by atoms with Crippen molar-refractivity contribution in [1.82, 2.24) is 0 Å². The molecular formula is C17H15ClO5. The van der Waals surface area contributed by atoms with Crippen LogP contribution in [0.15, 0.2) is 24.3 Å². The molecule has 120 valence electrons. The number of Topliss-reactive ketones (excluding diaryl/α,β-unsaturated/α-hetero) is 1. The SMILES string of the molecule is O=C(COC(=O)[C@@H]1[C@@H]2C[C@@H]3[C@@H]1C(=O)O[C@@H]3C2)c1ccc(Cl)cc1. The van der Waals surface area contributed by atoms with E-state index in [1.165, 1.54) is 0 Å². The van der Waals surface area contributed by atoms with E-state index in [4.69, 9.17) is 21.1 Å². The molecule has 0 aromatic heterocycles. The lowest BCUT2D eigenvalue weighted by Gasteiger charge is -2.22. The predicted molar refractivity (Wildman–Crippen MR) is 79.8 cm³/mol. The van der Waals surface area contributed by atoms with Gasteiger partial charge in [-0.05, 0) is 43.0 Å². The van der Waals surface area contributed by atoms with Gasteiger partial charge in [-0.25, -0.2) is 0 Å². The van der Waals surface area contributed by atoms with Gasteiger partial charge in [-0.15, -0.1) is 0 Å². The third kappa shape index (κ3) is 2.34. The van der Waals surface area contributed by atoms with E-state index in [1.807, 2.05) is 0 Å². The van der Waals surface area contributed by atoms with Gasteiger partial charge < -0.3 is 9.47 Å². The van der Waals surface area contributed by atoms with Gasteiger partial charge in [0.25, 0.3) is 0 Å². The minimum atomic E-state index is -0.456. The number of ether oxygens (including phenoxy) is 2. The van der Waals surface area contributed by atoms with E-state index >= 15 is 0 Å². The van der Waals surface area contributed by atoms with Gasteiger partial charge in [0.2, 0.25) is 0 Å². The number of hydrogen-bond acceptors (Lipinski definition) is 5. The zero-order valence-corrected chi connectivity index (χ0v) is 13.0. The highest BCUT2D eigenvalue weighted by atomic mass is 35.5. The van der Waals surface area contributed by atoms with Crippen LogP contribution in [0.2, 0.25) is 5.02 Å². The van der Waals surface area contributed by atoms with Gasteiger partial charge in [-0.2, -0.15) is 0 Å². The highest BCUT2D eigenvalue weighted by Crippen LogP contribution is 2.57. The molecule has 1 saturated heterocycles. The second kappa shape index (κ2) is 5.34. The average Bonchev–Trinajstić information content (AvgIpc) is 3.14. The summed E-state index contributed by atoms with van der Waals surface area (Å²) in [6.45, 7) is -0.320. The topological polar surface area (TPSA) is 69.7 Å². The van der Waals surface area contributed by atoms with Crippen LogP contribution in [0.3, 0.4) is 0 Å². The smallest absolute Gasteiger partial charge is 0.310 e. The number of rotatable bonds is 4. The van der Waals surface area contributed by atoms with Crippen molar-refractivity contribution in [2.75, 3.05) is 6.61 Å². The molecule has 5 atom stereocenters. The van der Waals surface area contributed by atoms with Crippen LogP contribution in [-0.4, -0.2) is 30.4 Å². The van der Waals surface area contributed by atoms with Crippen LogP contribution in [0, 0.1) is 23.7 Å². The zero-order chi connectivity index (χ0) is 16.1. The van der Waals surface area contributed by atoms with Crippen molar-refractivity contribution in [2.24, 2.45) is 23.7 Å². The zero-order valence-electron chi connectivity index (χ0n) is 12.2. The maximum absolute atomic E-state index is 12.4. The number of carbonyl (C=O) groups is 3. The molecule has 0 N–H and O–H groups in total. The maximum Gasteiger partial charge on any atom is 0.310 e. The van der Waals surface area contributed by atoms with E-state index in [-0.39, 0.29) is 42.2 Å². The molecule has 3 fully saturated rings. The van der Waals surface area contributed by atoms with E-state index in [0.717, 1.165) is 12.8 Å². The number of ketones is 1. The monoisotopic (exact) mass is 334 g/mol. The fourth-order valence-corrected chi connectivity index (χ4v) is 4.40. The molecule has 1 heterocycles. The third-order valence-electron chi connectivity index (χ3n) is 5.27. The quantitative estimate of drug-likeness (QED) is 0.624. The predicted octanol–water partition coefficient (Wildman–Crippen LogP) is 2.26. The highest BCUT2D eigenvalue weighted by Gasteiger charge is 2.64. The van der Waals surface area contributed by atoms with Crippen molar-refractivity contribution >= 4 is 29.3 Å². The van der Waals surface area contributed by atoms with Gasteiger partial charge >= 0.3 is 11.9 Å². The summed E-state index contributed by atoms with van der Waals surface area (Å²) in [5, 5.41) is 0.537. The Kier molecular flexibility index (Phi) is 3.41. The number of hydrogen-bond donors (Lipinski definition) is 0. The van der Waals surface area contributed by atoms with Crippen LogP contribution in [0.5, 0.6) is 0 Å². The molecule has 0 spiro atoms. The number of benzene rings is 1. The summed E-state index contributed by atoms with van der Waals surface area (Å²) >= 11 is 5.78. The standard InChI is InChI=1S/C17H15ClO5/c18-10-3-1-8(2-4-10)12(19)7-22-16(20)14-9-5-11-13(6-9)23-17(21)15(11)14/h1-4,9,11,13-15H,5-7H2/t9-,11+,13-,14-,15+/m1/s1. The Bertz CT molecular complexity index is 681. The van der Waals surface area contributed by atoms with Crippen molar-refractivity contribution < 1.29 is 23.9 Å². The number of carbonyl (C=O) groups excluding carboxylic acids is 3. The Morgan fingerprint density at radius 2 is 1.96 bits per heavy atom. The lowest BCUT2D eigenvalue weighted by Crippen LogP contribution is -2.34. The molecule has 2 saturated carbocycles. The first-order valence-electron chi connectivity index (χ1n) is 7.70. The van der Waals surface area contributed by atoms with Gasteiger partial charge in [-0.3, -0.25) is 14.4 Å². The third-order valence-corrected chi connectivity index (χ3v) is 5.52. The lowest BCUT2D eigenvalue weighted by molar-refractivity contribution is -0.154. The summed E-state index contributed by atoms with van der Waals surface area (Å²) in [6, 6.07) is 6.41. The largest absolute Gasteiger partial charge is 0.462 e. The summed E-state index contributed by atoms with van der Waals surface area (Å²) < 4.78 is 10.5. The molecule has 6 heteroatoms. The average molecular weight is 335 g/mol. The molecule has 1 aliphatic heterocycles. The Hall–Kier alpha value is -1.88.